The van der Waals surface area contributed by atoms with Crippen molar-refractivity contribution in [2.45, 2.75) is 71.2 Å². The molecule has 1 saturated carbocycles. The zero-order valence-corrected chi connectivity index (χ0v) is 13.8. The van der Waals surface area contributed by atoms with Gasteiger partial charge in [-0.15, -0.1) is 0 Å². The summed E-state index contributed by atoms with van der Waals surface area (Å²) in [6, 6.07) is 0. The van der Waals surface area contributed by atoms with E-state index in [1.54, 1.807) is 0 Å². The number of carbonyl (C=O) groups excluding carboxylic acids is 1. The van der Waals surface area contributed by atoms with E-state index in [0.29, 0.717) is 12.3 Å². The van der Waals surface area contributed by atoms with Gasteiger partial charge in [0, 0.05) is 21.8 Å². The first kappa shape index (κ1) is 16.2. The van der Waals surface area contributed by atoms with E-state index in [4.69, 9.17) is 9.26 Å². The Bertz CT molecular complexity index is 358. The largest absolute Gasteiger partial charge is 0.462 e. The lowest BCUT2D eigenvalue weighted by molar-refractivity contribution is -0.141. The molecule has 0 amide bonds. The van der Waals surface area contributed by atoms with Gasteiger partial charge < -0.3 is 14.4 Å². The molecule has 116 valence electrons. The topological polar surface area (TPSA) is 55.8 Å². The number of hydrogen-bond acceptors (Lipinski definition) is 4. The van der Waals surface area contributed by atoms with Crippen LogP contribution in [0.5, 0.6) is 0 Å². The van der Waals surface area contributed by atoms with Gasteiger partial charge in [-0.1, -0.05) is 20.8 Å². The van der Waals surface area contributed by atoms with Gasteiger partial charge in [-0.2, -0.15) is 0 Å². The molecular formula is C15H27O4P. The van der Waals surface area contributed by atoms with Crippen LogP contribution in [0.1, 0.15) is 52.9 Å². The minimum atomic E-state index is -0.310. The summed E-state index contributed by atoms with van der Waals surface area (Å²) in [5, 5.41) is 10.3. The van der Waals surface area contributed by atoms with Crippen LogP contribution in [0.25, 0.3) is 0 Å². The van der Waals surface area contributed by atoms with Crippen LogP contribution in [0.4, 0.5) is 0 Å². The molecule has 5 heteroatoms. The molecule has 1 heterocycles. The van der Waals surface area contributed by atoms with Crippen molar-refractivity contribution in [3.8, 4) is 0 Å². The van der Waals surface area contributed by atoms with E-state index < -0.39 is 0 Å². The van der Waals surface area contributed by atoms with Crippen molar-refractivity contribution in [1.29, 1.82) is 0 Å². The molecule has 0 aromatic heterocycles. The van der Waals surface area contributed by atoms with Crippen molar-refractivity contribution in [2.24, 2.45) is 17.3 Å². The van der Waals surface area contributed by atoms with Gasteiger partial charge in [-0.3, -0.25) is 4.79 Å². The monoisotopic (exact) mass is 302 g/mol. The Morgan fingerprint density at radius 2 is 2.25 bits per heavy atom. The lowest BCUT2D eigenvalue weighted by atomic mass is 9.79. The maximum atomic E-state index is 11.4. The Morgan fingerprint density at radius 1 is 1.55 bits per heavy atom. The molecule has 1 aliphatic heterocycles. The number of aliphatic hydroxyl groups is 1. The summed E-state index contributed by atoms with van der Waals surface area (Å²) in [4.78, 5) is 11.4. The van der Waals surface area contributed by atoms with E-state index in [1.165, 1.54) is 0 Å². The molecule has 0 radical (unpaired) electrons. The van der Waals surface area contributed by atoms with E-state index in [-0.39, 0.29) is 35.6 Å². The molecule has 1 aliphatic carbocycles. The lowest BCUT2D eigenvalue weighted by Gasteiger charge is -2.31. The van der Waals surface area contributed by atoms with Crippen LogP contribution in [0.2, 0.25) is 0 Å². The number of aliphatic hydroxyl groups excluding tert-OH is 1. The zero-order chi connectivity index (χ0) is 14.9. The normalized spacial score (nSPS) is 35.0. The van der Waals surface area contributed by atoms with Crippen molar-refractivity contribution < 1.29 is 19.2 Å². The van der Waals surface area contributed by atoms with Gasteiger partial charge in [0.1, 0.15) is 6.10 Å². The summed E-state index contributed by atoms with van der Waals surface area (Å²) in [5.74, 6) is 0.498. The van der Waals surface area contributed by atoms with Crippen molar-refractivity contribution in [3.63, 3.8) is 0 Å². The summed E-state index contributed by atoms with van der Waals surface area (Å²) in [7, 11) is 2.34. The van der Waals surface area contributed by atoms with Gasteiger partial charge in [-0.25, -0.2) is 0 Å². The molecule has 1 saturated heterocycles. The van der Waals surface area contributed by atoms with Crippen LogP contribution in [-0.2, 0) is 14.1 Å². The smallest absolute Gasteiger partial charge is 0.306 e. The summed E-state index contributed by atoms with van der Waals surface area (Å²) < 4.78 is 10.8. The number of hydrogen-bond donors (Lipinski definition) is 1. The number of rotatable bonds is 6. The quantitative estimate of drug-likeness (QED) is 0.605. The van der Waals surface area contributed by atoms with Gasteiger partial charge in [0.15, 0.2) is 0 Å². The molecule has 6 atom stereocenters. The highest BCUT2D eigenvalue weighted by molar-refractivity contribution is 7.09. The third-order valence-electron chi connectivity index (χ3n) is 5.42. The fourth-order valence-corrected chi connectivity index (χ4v) is 3.80. The lowest BCUT2D eigenvalue weighted by Crippen LogP contribution is -2.30. The Morgan fingerprint density at radius 3 is 2.85 bits per heavy atom. The average Bonchev–Trinajstić information content (AvgIpc) is 2.91. The van der Waals surface area contributed by atoms with E-state index in [2.05, 4.69) is 30.2 Å². The second kappa shape index (κ2) is 6.29. The third kappa shape index (κ3) is 3.18. The highest BCUT2D eigenvalue weighted by Crippen LogP contribution is 2.46. The van der Waals surface area contributed by atoms with Crippen LogP contribution in [0, 0.1) is 17.3 Å². The summed E-state index contributed by atoms with van der Waals surface area (Å²) >= 11 is 0. The predicted octanol–water partition coefficient (Wildman–Crippen LogP) is 2.69. The number of esters is 1. The first-order chi connectivity index (χ1) is 9.39. The van der Waals surface area contributed by atoms with Gasteiger partial charge in [0.05, 0.1) is 18.6 Å². The highest BCUT2D eigenvalue weighted by Gasteiger charge is 2.50. The van der Waals surface area contributed by atoms with Crippen molar-refractivity contribution in [1.82, 2.24) is 0 Å². The molecule has 0 spiro atoms. The maximum absolute atomic E-state index is 11.4. The van der Waals surface area contributed by atoms with E-state index in [9.17, 15) is 9.90 Å². The van der Waals surface area contributed by atoms with Gasteiger partial charge in [-0.05, 0) is 30.6 Å². The summed E-state index contributed by atoms with van der Waals surface area (Å²) in [6.07, 6.45) is 3.74. The molecule has 0 aromatic carbocycles. The number of ether oxygens (including phenoxy) is 1. The molecule has 6 unspecified atom stereocenters. The van der Waals surface area contributed by atoms with E-state index in [0.717, 1.165) is 25.7 Å². The van der Waals surface area contributed by atoms with Crippen LogP contribution >= 0.6 is 9.47 Å². The minimum absolute atomic E-state index is 0.0226. The second-order valence-electron chi connectivity index (χ2n) is 6.91. The molecule has 20 heavy (non-hydrogen) atoms. The van der Waals surface area contributed by atoms with Crippen LogP contribution < -0.4 is 0 Å². The Hall–Kier alpha value is -0.180. The first-order valence-electron chi connectivity index (χ1n) is 7.62. The molecule has 2 fully saturated rings. The van der Waals surface area contributed by atoms with Gasteiger partial charge in [0.2, 0.25) is 0 Å². The van der Waals surface area contributed by atoms with Crippen LogP contribution in [-0.4, -0.2) is 29.4 Å². The number of carbonyl (C=O) groups is 1. The van der Waals surface area contributed by atoms with Crippen molar-refractivity contribution in [3.05, 3.63) is 0 Å². The Kier molecular flexibility index (Phi) is 5.09. The highest BCUT2D eigenvalue weighted by atomic mass is 31.0. The SMILES string of the molecule is CCC(C)(C)C(O)CCC1C(OP)CC2OC(=O)CC21. The predicted molar refractivity (Wildman–Crippen MR) is 80.0 cm³/mol. The van der Waals surface area contributed by atoms with Gasteiger partial charge >= 0.3 is 5.97 Å². The average molecular weight is 302 g/mol. The van der Waals surface area contributed by atoms with Crippen molar-refractivity contribution in [2.75, 3.05) is 0 Å². The maximum Gasteiger partial charge on any atom is 0.306 e. The first-order valence-corrected chi connectivity index (χ1v) is 8.09. The Labute approximate surface area is 123 Å². The van der Waals surface area contributed by atoms with Crippen LogP contribution in [0.15, 0.2) is 0 Å². The molecule has 0 bridgehead atoms. The van der Waals surface area contributed by atoms with Gasteiger partial charge in [0.25, 0.3) is 0 Å². The molecular weight excluding hydrogens is 275 g/mol. The summed E-state index contributed by atoms with van der Waals surface area (Å²) in [5.41, 5.74) is -0.0582. The third-order valence-corrected chi connectivity index (χ3v) is 5.77. The molecule has 2 rings (SSSR count). The molecule has 0 aromatic rings. The number of fused-ring (bicyclic) bond motifs is 1. The Balaban J connectivity index is 1.94. The zero-order valence-electron chi connectivity index (χ0n) is 12.7. The summed E-state index contributed by atoms with van der Waals surface area (Å²) in [6.45, 7) is 6.30. The van der Waals surface area contributed by atoms with E-state index in [1.807, 2.05) is 0 Å². The molecule has 1 N–H and O–H groups in total. The molecule has 4 nitrogen and oxygen atoms in total. The minimum Gasteiger partial charge on any atom is -0.462 e. The van der Waals surface area contributed by atoms with E-state index >= 15 is 0 Å². The fourth-order valence-electron chi connectivity index (χ4n) is 3.49. The fraction of sp³-hybridized carbons (Fsp3) is 0.933. The van der Waals surface area contributed by atoms with Crippen molar-refractivity contribution >= 4 is 15.4 Å². The van der Waals surface area contributed by atoms with Crippen LogP contribution in [0.3, 0.4) is 0 Å². The standard InChI is InChI=1S/C15H27O4P/c1-4-15(2,3)13(16)6-5-9-10-7-14(17)18-11(10)8-12(9)19-20/h9-13,16H,4-8,20H2,1-3H3. The second-order valence-corrected chi connectivity index (χ2v) is 7.18. The molecule has 2 aliphatic rings.